The fraction of sp³-hybridized carbons (Fsp3) is 0.619. The number of rotatable bonds is 16. The molecule has 0 aliphatic rings. The van der Waals surface area contributed by atoms with E-state index < -0.39 is 44.5 Å². The smallest absolute Gasteiger partial charge is 0.172 e. The van der Waals surface area contributed by atoms with Gasteiger partial charge in [0.05, 0.1) is 0 Å². The van der Waals surface area contributed by atoms with Crippen LogP contribution >= 0.6 is 0 Å². The summed E-state index contributed by atoms with van der Waals surface area (Å²) in [5, 5.41) is 0. The third kappa shape index (κ3) is 14.2. The summed E-state index contributed by atoms with van der Waals surface area (Å²) >= 11 is 0. The monoisotopic (exact) mass is 514 g/mol. The first-order valence-electron chi connectivity index (χ1n) is 11.6. The quantitative estimate of drug-likeness (QED) is 0.237. The summed E-state index contributed by atoms with van der Waals surface area (Å²) < 4.78 is 19.1. The van der Waals surface area contributed by atoms with E-state index in [0.717, 1.165) is 6.42 Å². The van der Waals surface area contributed by atoms with E-state index in [1.165, 1.54) is 41.3 Å². The van der Waals surface area contributed by atoms with Crippen molar-refractivity contribution in [3.8, 4) is 0 Å². The van der Waals surface area contributed by atoms with Crippen molar-refractivity contribution < 1.29 is 12.3 Å². The van der Waals surface area contributed by atoms with Crippen LogP contribution in [0.5, 0.6) is 0 Å². The molecule has 0 bridgehead atoms. The van der Waals surface area contributed by atoms with Gasteiger partial charge in [-0.25, -0.2) is 0 Å². The molecule has 3 nitrogen and oxygen atoms in total. The minimum absolute atomic E-state index is 0.340. The second-order valence-corrected chi connectivity index (χ2v) is 29.5. The van der Waals surface area contributed by atoms with Crippen LogP contribution in [0.3, 0.4) is 0 Å². The lowest BCUT2D eigenvalue weighted by Gasteiger charge is -2.26. The molecule has 0 radical (unpaired) electrons. The lowest BCUT2D eigenvalue weighted by molar-refractivity contribution is 0.567. The normalized spacial score (nSPS) is 14.1. The fourth-order valence-electron chi connectivity index (χ4n) is 3.31. The van der Waals surface area contributed by atoms with Crippen LogP contribution in [0.1, 0.15) is 11.1 Å². The molecule has 0 heterocycles. The number of aryl methyl sites for hydroxylation is 1. The molecule has 9 heteroatoms. The van der Waals surface area contributed by atoms with Crippen molar-refractivity contribution in [3.63, 3.8) is 0 Å². The van der Waals surface area contributed by atoms with Gasteiger partial charge in [0.1, 0.15) is 29.3 Å². The van der Waals surface area contributed by atoms with Gasteiger partial charge in [-0.1, -0.05) is 36.9 Å². The molecule has 0 aliphatic carbocycles. The first kappa shape index (κ1) is 28.2. The van der Waals surface area contributed by atoms with Crippen molar-refractivity contribution in [3.05, 3.63) is 42.0 Å². The van der Waals surface area contributed by atoms with Crippen LogP contribution in [0.4, 0.5) is 0 Å². The Bertz CT molecular complexity index is 614. The number of hydrogen-bond donors (Lipinski definition) is 0. The van der Waals surface area contributed by atoms with Crippen molar-refractivity contribution in [1.29, 1.82) is 0 Å². The van der Waals surface area contributed by atoms with Gasteiger partial charge in [0, 0.05) is 0 Å². The second kappa shape index (κ2) is 13.6. The molecule has 0 atom stereocenters. The van der Waals surface area contributed by atoms with E-state index in [0.29, 0.717) is 0 Å². The van der Waals surface area contributed by atoms with E-state index in [2.05, 4.69) is 76.7 Å². The first-order valence-corrected chi connectivity index (χ1v) is 25.9. The molecule has 172 valence electrons. The third-order valence-electron chi connectivity index (χ3n) is 5.19. The van der Waals surface area contributed by atoms with Gasteiger partial charge in [0.25, 0.3) is 0 Å². The first-order chi connectivity index (χ1) is 13.9. The molecule has 0 unspecified atom stereocenters. The maximum absolute atomic E-state index is 6.49. The Morgan fingerprint density at radius 3 is 1.67 bits per heavy atom. The van der Waals surface area contributed by atoms with E-state index in [1.54, 1.807) is 0 Å². The zero-order chi connectivity index (χ0) is 22.7. The van der Waals surface area contributed by atoms with Gasteiger partial charge in [0.2, 0.25) is 0 Å². The molecule has 0 fully saturated rings. The minimum atomic E-state index is -1.49. The summed E-state index contributed by atoms with van der Waals surface area (Å²) in [6, 6.07) is 15.1. The summed E-state index contributed by atoms with van der Waals surface area (Å²) in [4.78, 5) is 0. The summed E-state index contributed by atoms with van der Waals surface area (Å²) in [5.74, 6) is 0. The van der Waals surface area contributed by atoms with E-state index in [1.807, 2.05) is 6.08 Å². The zero-order valence-electron chi connectivity index (χ0n) is 20.7. The predicted molar refractivity (Wildman–Crippen MR) is 151 cm³/mol. The van der Waals surface area contributed by atoms with Crippen LogP contribution in [-0.4, -0.2) is 54.2 Å². The van der Waals surface area contributed by atoms with Crippen molar-refractivity contribution >= 4 is 60.3 Å². The highest BCUT2D eigenvalue weighted by molar-refractivity contribution is 6.78. The minimum Gasteiger partial charge on any atom is -0.461 e. The highest BCUT2D eigenvalue weighted by atomic mass is 28.4. The summed E-state index contributed by atoms with van der Waals surface area (Å²) in [7, 11) is -5.43. The summed E-state index contributed by atoms with van der Waals surface area (Å²) in [5.41, 5.74) is 2.61. The molecular weight excluding hydrogens is 469 g/mol. The van der Waals surface area contributed by atoms with Gasteiger partial charge in [-0.2, -0.15) is 0 Å². The lowest BCUT2D eigenvalue weighted by atomic mass is 10.1. The molecule has 1 aromatic rings. The molecule has 1 rings (SSSR count). The van der Waals surface area contributed by atoms with Gasteiger partial charge in [-0.05, 0) is 93.6 Å². The Labute approximate surface area is 196 Å². The van der Waals surface area contributed by atoms with Gasteiger partial charge >= 0.3 is 0 Å². The Kier molecular flexibility index (Phi) is 12.8. The van der Waals surface area contributed by atoms with Crippen LogP contribution in [0.15, 0.2) is 30.8 Å². The topological polar surface area (TPSA) is 27.7 Å². The Morgan fingerprint density at radius 2 is 1.20 bits per heavy atom. The van der Waals surface area contributed by atoms with Gasteiger partial charge in [-0.3, -0.25) is 0 Å². The SMILES string of the molecule is C=Cc1ccc(CC[SiH2]O[Si](C)(C)CC[SiH2]O[Si](C)(C)CC[SiH2]O[Si](C)(C)C)cc1. The predicted octanol–water partition coefficient (Wildman–Crippen LogP) is 4.67. The Hall–Kier alpha value is 0.141. The highest BCUT2D eigenvalue weighted by Crippen LogP contribution is 2.18. The third-order valence-corrected chi connectivity index (χ3v) is 23.8. The standard InChI is InChI=1S/C21H46O3Si6/c1-9-20-10-12-21(13-11-20)14-15-25-23-29(5,6)19-17-27-24-30(7,8)18-16-26-22-28(2,3)4/h9-13H,1,14-19,25-27H2,2-8H3. The average molecular weight is 515 g/mol. The van der Waals surface area contributed by atoms with E-state index in [-0.39, 0.29) is 9.76 Å². The van der Waals surface area contributed by atoms with Gasteiger partial charge in [-0.15, -0.1) is 0 Å². The molecule has 0 N–H and O–H groups in total. The average Bonchev–Trinajstić information content (AvgIpc) is 2.66. The molecule has 0 aliphatic heterocycles. The Balaban J connectivity index is 2.15. The highest BCUT2D eigenvalue weighted by Gasteiger charge is 2.25. The van der Waals surface area contributed by atoms with Crippen molar-refractivity contribution in [2.24, 2.45) is 0 Å². The van der Waals surface area contributed by atoms with E-state index >= 15 is 0 Å². The van der Waals surface area contributed by atoms with Gasteiger partial charge < -0.3 is 12.3 Å². The van der Waals surface area contributed by atoms with Crippen LogP contribution in [0, 0.1) is 0 Å². The molecule has 0 amide bonds. The molecule has 0 saturated heterocycles. The maximum Gasteiger partial charge on any atom is 0.172 e. The molecule has 0 saturated carbocycles. The second-order valence-electron chi connectivity index (χ2n) is 10.4. The van der Waals surface area contributed by atoms with Crippen molar-refractivity contribution in [1.82, 2.24) is 0 Å². The molecule has 0 aromatic heterocycles. The largest absolute Gasteiger partial charge is 0.461 e. The maximum atomic E-state index is 6.49. The molecule has 1 aromatic carbocycles. The van der Waals surface area contributed by atoms with Crippen LogP contribution in [0.25, 0.3) is 6.08 Å². The van der Waals surface area contributed by atoms with Crippen LogP contribution in [-0.2, 0) is 18.8 Å². The molecule has 0 spiro atoms. The van der Waals surface area contributed by atoms with E-state index in [9.17, 15) is 0 Å². The number of hydrogen-bond acceptors (Lipinski definition) is 3. The zero-order valence-corrected chi connectivity index (χ0v) is 27.9. The fourth-order valence-corrected chi connectivity index (χ4v) is 21.6. The van der Waals surface area contributed by atoms with Gasteiger partial charge in [0.15, 0.2) is 25.0 Å². The van der Waals surface area contributed by atoms with E-state index in [4.69, 9.17) is 12.3 Å². The molecular formula is C21H46O3Si6. The van der Waals surface area contributed by atoms with Crippen molar-refractivity contribution in [2.45, 2.75) is 82.5 Å². The van der Waals surface area contributed by atoms with Crippen LogP contribution in [0.2, 0.25) is 76.0 Å². The lowest BCUT2D eigenvalue weighted by Crippen LogP contribution is -2.35. The number of benzene rings is 1. The van der Waals surface area contributed by atoms with Crippen molar-refractivity contribution in [2.75, 3.05) is 0 Å². The van der Waals surface area contributed by atoms with Crippen LogP contribution < -0.4 is 0 Å². The molecule has 30 heavy (non-hydrogen) atoms. The summed E-state index contributed by atoms with van der Waals surface area (Å²) in [6.07, 6.45) is 3.05. The summed E-state index contributed by atoms with van der Waals surface area (Å²) in [6.45, 7) is 20.3. The Morgan fingerprint density at radius 1 is 0.733 bits per heavy atom.